The van der Waals surface area contributed by atoms with E-state index in [0.29, 0.717) is 24.0 Å². The first kappa shape index (κ1) is 41.7. The van der Waals surface area contributed by atoms with Crippen LogP contribution in [0.15, 0.2) is 24.3 Å². The van der Waals surface area contributed by atoms with Crippen LogP contribution >= 0.6 is 0 Å². The number of hydrogen-bond donors (Lipinski definition) is 0. The number of epoxide rings is 2. The summed E-state index contributed by atoms with van der Waals surface area (Å²) in [6.45, 7) is 36.4. The highest BCUT2D eigenvalue weighted by Gasteiger charge is 2.34. The molecular weight excluding hydrogens is 629 g/mol. The van der Waals surface area contributed by atoms with E-state index in [4.69, 9.17) is 18.9 Å². The third kappa shape index (κ3) is 10.6. The van der Waals surface area contributed by atoms with Gasteiger partial charge in [0.15, 0.2) is 0 Å². The summed E-state index contributed by atoms with van der Waals surface area (Å²) in [5.41, 5.74) is 8.13. The molecule has 0 spiro atoms. The summed E-state index contributed by atoms with van der Waals surface area (Å²) in [5.74, 6) is 3.45. The molecule has 2 saturated heterocycles. The molecule has 0 radical (unpaired) electrons. The summed E-state index contributed by atoms with van der Waals surface area (Å²) in [5, 5.41) is 0. The van der Waals surface area contributed by atoms with Crippen molar-refractivity contribution in [3.05, 3.63) is 57.6 Å². The molecule has 4 rings (SSSR count). The maximum absolute atomic E-state index is 6.89. The van der Waals surface area contributed by atoms with Crippen LogP contribution in [0.5, 0.6) is 11.5 Å². The Morgan fingerprint density at radius 1 is 0.549 bits per heavy atom. The molecule has 0 amide bonds. The second-order valence-electron chi connectivity index (χ2n) is 18.8. The van der Waals surface area contributed by atoms with Crippen LogP contribution < -0.4 is 9.47 Å². The van der Waals surface area contributed by atoms with E-state index in [2.05, 4.69) is 121 Å². The fourth-order valence-electron chi connectivity index (χ4n) is 7.20. The van der Waals surface area contributed by atoms with Gasteiger partial charge in [0.2, 0.25) is 0 Å². The molecule has 2 fully saturated rings. The maximum atomic E-state index is 6.89. The molecule has 4 heteroatoms. The SMILES string of the molecule is CCC(C)(C)c1cc(Cc2cc(C(C)(C)CC)c(OCCCC(C)C3CO3)c(C(C)(C)CC)c2)cc(C(C)(C)CC)c1OCCCC(C)C1CO1. The first-order valence-electron chi connectivity index (χ1n) is 20.7. The van der Waals surface area contributed by atoms with Crippen molar-refractivity contribution < 1.29 is 18.9 Å². The molecule has 51 heavy (non-hydrogen) atoms. The predicted octanol–water partition coefficient (Wildman–Crippen LogP) is 12.4. The zero-order valence-corrected chi connectivity index (χ0v) is 35.4. The predicted molar refractivity (Wildman–Crippen MR) is 216 cm³/mol. The monoisotopic (exact) mass is 705 g/mol. The highest BCUT2D eigenvalue weighted by Crippen LogP contribution is 2.46. The van der Waals surface area contributed by atoms with Gasteiger partial charge in [-0.05, 0) is 102 Å². The molecule has 2 aromatic rings. The smallest absolute Gasteiger partial charge is 0.126 e. The first-order chi connectivity index (χ1) is 23.9. The molecular formula is C47H76O4. The lowest BCUT2D eigenvalue weighted by Gasteiger charge is -2.34. The second kappa shape index (κ2) is 17.0. The Bertz CT molecular complexity index is 1240. The van der Waals surface area contributed by atoms with Crippen LogP contribution in [0.25, 0.3) is 0 Å². The molecule has 0 saturated carbocycles. The quantitative estimate of drug-likeness (QED) is 0.0904. The molecule has 4 nitrogen and oxygen atoms in total. The summed E-state index contributed by atoms with van der Waals surface area (Å²) in [6.07, 6.45) is 10.4. The molecule has 2 aromatic carbocycles. The molecule has 0 N–H and O–H groups in total. The van der Waals surface area contributed by atoms with Crippen molar-refractivity contribution in [1.29, 1.82) is 0 Å². The molecule has 0 bridgehead atoms. The van der Waals surface area contributed by atoms with Crippen molar-refractivity contribution in [2.24, 2.45) is 11.8 Å². The Balaban J connectivity index is 1.76. The number of benzene rings is 2. The minimum absolute atomic E-state index is 0.00932. The van der Waals surface area contributed by atoms with Gasteiger partial charge < -0.3 is 18.9 Å². The fraction of sp³-hybridized carbons (Fsp3) is 0.745. The highest BCUT2D eigenvalue weighted by molar-refractivity contribution is 5.55. The van der Waals surface area contributed by atoms with E-state index in [0.717, 1.165) is 95.7 Å². The van der Waals surface area contributed by atoms with Crippen LogP contribution in [-0.4, -0.2) is 38.6 Å². The van der Waals surface area contributed by atoms with E-state index in [1.165, 1.54) is 33.4 Å². The first-order valence-corrected chi connectivity index (χ1v) is 20.7. The van der Waals surface area contributed by atoms with Gasteiger partial charge in [-0.3, -0.25) is 0 Å². The van der Waals surface area contributed by atoms with Crippen molar-refractivity contribution in [1.82, 2.24) is 0 Å². The van der Waals surface area contributed by atoms with Crippen molar-refractivity contribution in [3.63, 3.8) is 0 Å². The Kier molecular flexibility index (Phi) is 13.9. The van der Waals surface area contributed by atoms with Gasteiger partial charge in [-0.15, -0.1) is 0 Å². The molecule has 288 valence electrons. The van der Waals surface area contributed by atoms with Crippen LogP contribution in [0.2, 0.25) is 0 Å². The van der Waals surface area contributed by atoms with Gasteiger partial charge in [0.05, 0.1) is 38.6 Å². The number of ether oxygens (including phenoxy) is 4. The van der Waals surface area contributed by atoms with E-state index < -0.39 is 0 Å². The lowest BCUT2D eigenvalue weighted by molar-refractivity contribution is 0.263. The third-order valence-electron chi connectivity index (χ3n) is 13.2. The minimum atomic E-state index is -0.00932. The Labute approximate surface area is 314 Å². The molecule has 0 aliphatic carbocycles. The van der Waals surface area contributed by atoms with Gasteiger partial charge in [-0.25, -0.2) is 0 Å². The summed E-state index contributed by atoms with van der Waals surface area (Å²) in [7, 11) is 0. The fourth-order valence-corrected chi connectivity index (χ4v) is 7.20. The summed E-state index contributed by atoms with van der Waals surface area (Å²) in [6, 6.07) is 9.94. The van der Waals surface area contributed by atoms with Crippen molar-refractivity contribution in [2.45, 2.75) is 189 Å². The van der Waals surface area contributed by atoms with Gasteiger partial charge in [0.25, 0.3) is 0 Å². The van der Waals surface area contributed by atoms with Crippen molar-refractivity contribution in [2.75, 3.05) is 26.4 Å². The average molecular weight is 705 g/mol. The Morgan fingerprint density at radius 2 is 0.824 bits per heavy atom. The number of hydrogen-bond acceptors (Lipinski definition) is 4. The highest BCUT2D eigenvalue weighted by atomic mass is 16.6. The Morgan fingerprint density at radius 3 is 1.06 bits per heavy atom. The normalized spacial score (nSPS) is 19.2. The lowest BCUT2D eigenvalue weighted by atomic mass is 9.73. The molecule has 2 aliphatic heterocycles. The largest absolute Gasteiger partial charge is 0.493 e. The van der Waals surface area contributed by atoms with E-state index in [1.807, 2.05) is 0 Å². The molecule has 0 aromatic heterocycles. The molecule has 4 atom stereocenters. The van der Waals surface area contributed by atoms with Crippen LogP contribution in [0.3, 0.4) is 0 Å². The summed E-state index contributed by atoms with van der Waals surface area (Å²) < 4.78 is 24.9. The standard InChI is InChI=1S/C47H76O4/c1-15-44(7,8)36-26-34(27-37(45(9,10)16-2)42(36)48-23-19-21-32(5)40-30-50-40)25-35-28-38(46(11,12)17-3)43(39(29-35)47(13,14)18-4)49-24-20-22-33(6)41-31-51-41/h26-29,32-33,40-41H,15-25,30-31H2,1-14H3. The van der Waals surface area contributed by atoms with Gasteiger partial charge in [-0.1, -0.05) is 121 Å². The second-order valence-corrected chi connectivity index (χ2v) is 18.8. The summed E-state index contributed by atoms with van der Waals surface area (Å²) >= 11 is 0. The van der Waals surface area contributed by atoms with Crippen LogP contribution in [0, 0.1) is 11.8 Å². The average Bonchev–Trinajstić information content (AvgIpc) is 4.02. The molecule has 4 unspecified atom stereocenters. The topological polar surface area (TPSA) is 43.5 Å². The van der Waals surface area contributed by atoms with E-state index in [1.54, 1.807) is 0 Å². The van der Waals surface area contributed by atoms with E-state index in [-0.39, 0.29) is 21.7 Å². The van der Waals surface area contributed by atoms with Crippen molar-refractivity contribution >= 4 is 0 Å². The lowest BCUT2D eigenvalue weighted by Crippen LogP contribution is -2.24. The Hall–Kier alpha value is -2.04. The maximum Gasteiger partial charge on any atom is 0.126 e. The number of rotatable bonds is 22. The van der Waals surface area contributed by atoms with Gasteiger partial charge in [0, 0.05) is 22.3 Å². The van der Waals surface area contributed by atoms with Gasteiger partial charge in [0.1, 0.15) is 11.5 Å². The van der Waals surface area contributed by atoms with Crippen molar-refractivity contribution in [3.8, 4) is 11.5 Å². The van der Waals surface area contributed by atoms with E-state index in [9.17, 15) is 0 Å². The zero-order chi connectivity index (χ0) is 37.8. The minimum Gasteiger partial charge on any atom is -0.493 e. The van der Waals surface area contributed by atoms with Crippen LogP contribution in [-0.2, 0) is 37.6 Å². The van der Waals surface area contributed by atoms with Gasteiger partial charge >= 0.3 is 0 Å². The van der Waals surface area contributed by atoms with Crippen LogP contribution in [0.4, 0.5) is 0 Å². The van der Waals surface area contributed by atoms with Gasteiger partial charge in [-0.2, -0.15) is 0 Å². The third-order valence-corrected chi connectivity index (χ3v) is 13.2. The molecule has 2 heterocycles. The zero-order valence-electron chi connectivity index (χ0n) is 35.4. The van der Waals surface area contributed by atoms with E-state index >= 15 is 0 Å². The molecule has 2 aliphatic rings. The van der Waals surface area contributed by atoms with Crippen LogP contribution in [0.1, 0.15) is 182 Å². The summed E-state index contributed by atoms with van der Waals surface area (Å²) in [4.78, 5) is 0.